The Bertz CT molecular complexity index is 1470. The fourth-order valence-corrected chi connectivity index (χ4v) is 3.98. The first-order valence-electron chi connectivity index (χ1n) is 10.6. The van der Waals surface area contributed by atoms with Gasteiger partial charge in [0, 0.05) is 11.6 Å². The number of nitrogens with two attached hydrogens (primary N) is 1. The molecule has 0 atom stereocenters. The predicted molar refractivity (Wildman–Crippen MR) is 132 cm³/mol. The van der Waals surface area contributed by atoms with Gasteiger partial charge in [0.25, 0.3) is 5.91 Å². The molecular weight excluding hydrogens is 434 g/mol. The quantitative estimate of drug-likeness (QED) is 0.385. The molecule has 5 aromatic rings. The summed E-state index contributed by atoms with van der Waals surface area (Å²) in [6.07, 6.45) is 0. The first-order valence-corrected chi connectivity index (χ1v) is 11.0. The molecule has 6 nitrogen and oxygen atoms in total. The summed E-state index contributed by atoms with van der Waals surface area (Å²) < 4.78 is 1.83. The molecule has 3 aromatic carbocycles. The van der Waals surface area contributed by atoms with E-state index < -0.39 is 0 Å². The number of fused-ring (bicyclic) bond motifs is 2. The van der Waals surface area contributed by atoms with E-state index in [1.54, 1.807) is 0 Å². The normalized spacial score (nSPS) is 11.2. The number of hydrogen-bond acceptors (Lipinski definition) is 4. The lowest BCUT2D eigenvalue weighted by Gasteiger charge is -2.09. The van der Waals surface area contributed by atoms with Crippen molar-refractivity contribution in [2.75, 3.05) is 5.73 Å². The Labute approximate surface area is 196 Å². The van der Waals surface area contributed by atoms with E-state index >= 15 is 0 Å². The van der Waals surface area contributed by atoms with Crippen LogP contribution in [-0.2, 0) is 13.1 Å². The highest BCUT2D eigenvalue weighted by atomic mass is 35.5. The Balaban J connectivity index is 1.58. The van der Waals surface area contributed by atoms with E-state index in [1.807, 2.05) is 84.3 Å². The number of aryl methyl sites for hydroxylation is 1. The highest BCUT2D eigenvalue weighted by Crippen LogP contribution is 2.29. The van der Waals surface area contributed by atoms with Crippen LogP contribution in [0.2, 0.25) is 5.02 Å². The number of hydrogen-bond donors (Lipinski definition) is 2. The number of carbonyl (C=O) groups excluding carboxylic acids is 1. The molecule has 0 spiro atoms. The number of para-hydroxylation sites is 2. The minimum atomic E-state index is -0.280. The number of nitrogens with zero attached hydrogens (tertiary/aromatic N) is 3. The van der Waals surface area contributed by atoms with Crippen molar-refractivity contribution in [2.24, 2.45) is 0 Å². The van der Waals surface area contributed by atoms with Crippen LogP contribution in [0.1, 0.15) is 27.0 Å². The molecule has 7 heteroatoms. The van der Waals surface area contributed by atoms with Crippen molar-refractivity contribution in [2.45, 2.75) is 20.0 Å². The Kier molecular flexibility index (Phi) is 5.44. The van der Waals surface area contributed by atoms with E-state index in [-0.39, 0.29) is 5.91 Å². The van der Waals surface area contributed by atoms with Gasteiger partial charge in [0.2, 0.25) is 0 Å². The van der Waals surface area contributed by atoms with Gasteiger partial charge in [-0.15, -0.1) is 0 Å². The lowest BCUT2D eigenvalue weighted by Crippen LogP contribution is -2.24. The molecule has 3 N–H and O–H groups in total. The van der Waals surface area contributed by atoms with Crippen molar-refractivity contribution in [3.05, 3.63) is 100 Å². The largest absolute Gasteiger partial charge is 0.384 e. The molecule has 1 amide bonds. The average molecular weight is 456 g/mol. The molecule has 0 saturated heterocycles. The molecule has 0 bridgehead atoms. The average Bonchev–Trinajstić information content (AvgIpc) is 3.08. The third-order valence-corrected chi connectivity index (χ3v) is 5.90. The lowest BCUT2D eigenvalue weighted by atomic mass is 10.1. The van der Waals surface area contributed by atoms with Crippen LogP contribution in [0.4, 0.5) is 5.82 Å². The van der Waals surface area contributed by atoms with Crippen molar-refractivity contribution in [3.63, 3.8) is 0 Å². The van der Waals surface area contributed by atoms with Crippen molar-refractivity contribution in [1.29, 1.82) is 0 Å². The summed E-state index contributed by atoms with van der Waals surface area (Å²) in [5.74, 6) is 0.0502. The van der Waals surface area contributed by atoms with E-state index in [0.717, 1.165) is 16.6 Å². The van der Waals surface area contributed by atoms with Crippen molar-refractivity contribution < 1.29 is 4.79 Å². The maximum Gasteiger partial charge on any atom is 0.257 e. The first-order chi connectivity index (χ1) is 16.0. The van der Waals surface area contributed by atoms with Gasteiger partial charge in [0.05, 0.1) is 17.6 Å². The van der Waals surface area contributed by atoms with Crippen LogP contribution < -0.4 is 11.1 Å². The summed E-state index contributed by atoms with van der Waals surface area (Å²) in [6.45, 7) is 2.86. The molecule has 0 fully saturated rings. The SMILES string of the molecule is Cc1ccc(CNC(=O)c2c(N)n(Cc3ccc(Cl)cc3)c3nc4ccccc4nc23)cc1. The molecule has 164 valence electrons. The number of nitrogen functional groups attached to an aromatic ring is 1. The predicted octanol–water partition coefficient (Wildman–Crippen LogP) is 5.11. The number of carbonyl (C=O) groups is 1. The summed E-state index contributed by atoms with van der Waals surface area (Å²) in [4.78, 5) is 22.8. The maximum absolute atomic E-state index is 13.3. The number of benzene rings is 3. The molecule has 5 rings (SSSR count). The molecule has 0 aliphatic rings. The number of anilines is 1. The van der Waals surface area contributed by atoms with E-state index in [4.69, 9.17) is 27.3 Å². The molecular formula is C26H22ClN5O. The van der Waals surface area contributed by atoms with E-state index in [1.165, 1.54) is 5.56 Å². The first kappa shape index (κ1) is 21.0. The second-order valence-electron chi connectivity index (χ2n) is 8.03. The van der Waals surface area contributed by atoms with Crippen LogP contribution in [0, 0.1) is 6.92 Å². The molecule has 0 aliphatic heterocycles. The van der Waals surface area contributed by atoms with Gasteiger partial charge in [-0.05, 0) is 42.3 Å². The maximum atomic E-state index is 13.3. The highest BCUT2D eigenvalue weighted by Gasteiger charge is 2.24. The summed E-state index contributed by atoms with van der Waals surface area (Å²) in [5.41, 5.74) is 12.6. The second kappa shape index (κ2) is 8.56. The van der Waals surface area contributed by atoms with Gasteiger partial charge in [-0.1, -0.05) is 65.7 Å². The van der Waals surface area contributed by atoms with E-state index in [2.05, 4.69) is 5.32 Å². The van der Waals surface area contributed by atoms with Crippen molar-refractivity contribution in [1.82, 2.24) is 19.9 Å². The Hall–Kier alpha value is -3.90. The molecule has 0 unspecified atom stereocenters. The summed E-state index contributed by atoms with van der Waals surface area (Å²) in [5, 5.41) is 3.64. The third kappa shape index (κ3) is 4.13. The fraction of sp³-hybridized carbons (Fsp3) is 0.115. The minimum Gasteiger partial charge on any atom is -0.384 e. The second-order valence-corrected chi connectivity index (χ2v) is 8.46. The molecule has 0 aliphatic carbocycles. The number of halogens is 1. The Morgan fingerprint density at radius 1 is 0.939 bits per heavy atom. The fourth-order valence-electron chi connectivity index (χ4n) is 3.85. The van der Waals surface area contributed by atoms with Crippen LogP contribution >= 0.6 is 11.6 Å². The zero-order valence-corrected chi connectivity index (χ0v) is 18.8. The monoisotopic (exact) mass is 455 g/mol. The number of rotatable bonds is 5. The Morgan fingerprint density at radius 2 is 1.58 bits per heavy atom. The molecule has 33 heavy (non-hydrogen) atoms. The van der Waals surface area contributed by atoms with Gasteiger partial charge in [-0.3, -0.25) is 4.79 Å². The van der Waals surface area contributed by atoms with Crippen LogP contribution in [0.3, 0.4) is 0 Å². The Morgan fingerprint density at radius 3 is 2.27 bits per heavy atom. The number of nitrogens with one attached hydrogen (secondary N) is 1. The van der Waals surface area contributed by atoms with Crippen LogP contribution in [0.25, 0.3) is 22.2 Å². The molecule has 0 radical (unpaired) electrons. The zero-order valence-electron chi connectivity index (χ0n) is 18.0. The third-order valence-electron chi connectivity index (χ3n) is 5.65. The number of amides is 1. The number of aromatic nitrogens is 3. The van der Waals surface area contributed by atoms with Gasteiger partial charge < -0.3 is 15.6 Å². The minimum absolute atomic E-state index is 0.280. The van der Waals surface area contributed by atoms with Crippen molar-refractivity contribution >= 4 is 45.5 Å². The summed E-state index contributed by atoms with van der Waals surface area (Å²) >= 11 is 6.04. The van der Waals surface area contributed by atoms with Crippen molar-refractivity contribution in [3.8, 4) is 0 Å². The zero-order chi connectivity index (χ0) is 22.9. The van der Waals surface area contributed by atoms with Gasteiger partial charge in [0.1, 0.15) is 16.9 Å². The topological polar surface area (TPSA) is 85.8 Å². The highest BCUT2D eigenvalue weighted by molar-refractivity contribution is 6.30. The van der Waals surface area contributed by atoms with E-state index in [9.17, 15) is 4.79 Å². The molecule has 0 saturated carbocycles. The lowest BCUT2D eigenvalue weighted by molar-refractivity contribution is 0.0953. The smallest absolute Gasteiger partial charge is 0.257 e. The van der Waals surface area contributed by atoms with Crippen LogP contribution in [0.15, 0.2) is 72.8 Å². The van der Waals surface area contributed by atoms with E-state index in [0.29, 0.717) is 46.2 Å². The van der Waals surface area contributed by atoms with Crippen LogP contribution in [-0.4, -0.2) is 20.4 Å². The van der Waals surface area contributed by atoms with Gasteiger partial charge in [-0.25, -0.2) is 9.97 Å². The van der Waals surface area contributed by atoms with Gasteiger partial charge >= 0.3 is 0 Å². The molecule has 2 aromatic heterocycles. The van der Waals surface area contributed by atoms with Crippen LogP contribution in [0.5, 0.6) is 0 Å². The summed E-state index contributed by atoms with van der Waals surface area (Å²) in [6, 6.07) is 23.1. The van der Waals surface area contributed by atoms with Gasteiger partial charge in [-0.2, -0.15) is 0 Å². The summed E-state index contributed by atoms with van der Waals surface area (Å²) in [7, 11) is 0. The standard InChI is InChI=1S/C26H22ClN5O/c1-16-6-8-17(9-7-16)14-29-26(33)22-23-25(31-21-5-3-2-4-20(21)30-23)32(24(22)28)15-18-10-12-19(27)13-11-18/h2-13H,14-15,28H2,1H3,(H,29,33). The van der Waals surface area contributed by atoms with Gasteiger partial charge in [0.15, 0.2) is 5.65 Å². The molecule has 2 heterocycles.